The van der Waals surface area contributed by atoms with Crippen LogP contribution >= 0.6 is 0 Å². The highest BCUT2D eigenvalue weighted by atomic mass is 16.5. The molecular weight excluding hydrogens is 284 g/mol. The molecule has 0 aromatic carbocycles. The maximum atomic E-state index is 11.2. The summed E-state index contributed by atoms with van der Waals surface area (Å²) in [5, 5.41) is 13.5. The van der Waals surface area contributed by atoms with Gasteiger partial charge in [-0.1, -0.05) is 51.9 Å². The fraction of sp³-hybridized carbons (Fsp3) is 0.875. The summed E-state index contributed by atoms with van der Waals surface area (Å²) < 4.78 is 5.00. The van der Waals surface area contributed by atoms with Crippen molar-refractivity contribution >= 4 is 12.2 Å². The van der Waals surface area contributed by atoms with Crippen molar-refractivity contribution < 1.29 is 19.4 Å². The number of nitrogens with one attached hydrogen (secondary N) is 2. The van der Waals surface area contributed by atoms with E-state index in [-0.39, 0.29) is 6.09 Å². The van der Waals surface area contributed by atoms with E-state index in [2.05, 4.69) is 17.6 Å². The minimum absolute atomic E-state index is 0.302. The van der Waals surface area contributed by atoms with Crippen molar-refractivity contribution in [2.45, 2.75) is 71.1 Å². The topological polar surface area (TPSA) is 87.7 Å². The molecule has 0 aromatic rings. The van der Waals surface area contributed by atoms with Gasteiger partial charge in [0.1, 0.15) is 0 Å². The van der Waals surface area contributed by atoms with E-state index in [1.165, 1.54) is 19.3 Å². The molecule has 0 aliphatic rings. The molecule has 22 heavy (non-hydrogen) atoms. The molecule has 0 unspecified atom stereocenters. The van der Waals surface area contributed by atoms with Crippen LogP contribution in [0.15, 0.2) is 0 Å². The van der Waals surface area contributed by atoms with Gasteiger partial charge in [-0.3, -0.25) is 0 Å². The number of alkyl carbamates (subject to hydrolysis) is 1. The number of carbonyl (C=O) groups excluding carboxylic acids is 1. The van der Waals surface area contributed by atoms with Crippen LogP contribution in [0.1, 0.15) is 71.1 Å². The Labute approximate surface area is 134 Å². The molecule has 6 nitrogen and oxygen atoms in total. The third kappa shape index (κ3) is 16.6. The van der Waals surface area contributed by atoms with Gasteiger partial charge in [-0.15, -0.1) is 0 Å². The molecule has 0 aromatic heterocycles. The van der Waals surface area contributed by atoms with Gasteiger partial charge in [0.15, 0.2) is 0 Å². The highest BCUT2D eigenvalue weighted by Crippen LogP contribution is 2.08. The number of rotatable bonds is 14. The van der Waals surface area contributed by atoms with E-state index in [0.29, 0.717) is 19.7 Å². The molecule has 0 saturated carbocycles. The van der Waals surface area contributed by atoms with Gasteiger partial charge in [0.05, 0.1) is 6.61 Å². The molecular formula is C16H32N2O4. The van der Waals surface area contributed by atoms with Crippen molar-refractivity contribution in [2.75, 3.05) is 19.7 Å². The minimum atomic E-state index is -0.942. The Morgan fingerprint density at radius 3 is 1.82 bits per heavy atom. The molecule has 0 spiro atoms. The summed E-state index contributed by atoms with van der Waals surface area (Å²) >= 11 is 0. The van der Waals surface area contributed by atoms with E-state index in [1.807, 2.05) is 0 Å². The Morgan fingerprint density at radius 1 is 0.818 bits per heavy atom. The summed E-state index contributed by atoms with van der Waals surface area (Å²) in [5.74, 6) is 0. The fourth-order valence-corrected chi connectivity index (χ4v) is 2.06. The fourth-order valence-electron chi connectivity index (χ4n) is 2.06. The first-order chi connectivity index (χ1) is 10.7. The van der Waals surface area contributed by atoms with Crippen molar-refractivity contribution in [1.29, 1.82) is 0 Å². The second-order valence-electron chi connectivity index (χ2n) is 5.48. The third-order valence-corrected chi connectivity index (χ3v) is 3.38. The molecule has 0 saturated heterocycles. The van der Waals surface area contributed by atoms with E-state index in [9.17, 15) is 9.59 Å². The van der Waals surface area contributed by atoms with Gasteiger partial charge >= 0.3 is 12.2 Å². The molecule has 3 N–H and O–H groups in total. The first-order valence-corrected chi connectivity index (χ1v) is 8.54. The van der Waals surface area contributed by atoms with Crippen LogP contribution in [0.25, 0.3) is 0 Å². The van der Waals surface area contributed by atoms with Gasteiger partial charge in [0.2, 0.25) is 0 Å². The number of unbranched alkanes of at least 4 members (excludes halogenated alkanes) is 8. The average molecular weight is 316 g/mol. The van der Waals surface area contributed by atoms with Crippen LogP contribution in [-0.4, -0.2) is 37.0 Å². The van der Waals surface area contributed by atoms with Gasteiger partial charge in [0.25, 0.3) is 0 Å². The first-order valence-electron chi connectivity index (χ1n) is 8.54. The van der Waals surface area contributed by atoms with Gasteiger partial charge in [-0.05, 0) is 19.3 Å². The number of hydrogen-bond donors (Lipinski definition) is 3. The monoisotopic (exact) mass is 316 g/mol. The molecule has 0 rings (SSSR count). The van der Waals surface area contributed by atoms with Crippen LogP contribution in [0.2, 0.25) is 0 Å². The van der Waals surface area contributed by atoms with E-state index in [1.54, 1.807) is 0 Å². The Hall–Kier alpha value is -1.46. The van der Waals surface area contributed by atoms with Crippen LogP contribution in [0.3, 0.4) is 0 Å². The molecule has 0 radical (unpaired) electrons. The summed E-state index contributed by atoms with van der Waals surface area (Å²) in [6, 6.07) is 0. The molecule has 0 aliphatic heterocycles. The predicted octanol–water partition coefficient (Wildman–Crippen LogP) is 3.90. The van der Waals surface area contributed by atoms with Gasteiger partial charge in [-0.2, -0.15) is 0 Å². The minimum Gasteiger partial charge on any atom is -0.465 e. The van der Waals surface area contributed by atoms with Crippen molar-refractivity contribution in [1.82, 2.24) is 10.6 Å². The maximum Gasteiger partial charge on any atom is 0.407 e. The Balaban J connectivity index is 3.11. The lowest BCUT2D eigenvalue weighted by molar-refractivity contribution is 0.144. The standard InChI is InChI=1S/C16H32N2O4/c1-2-3-14-22-16(21)18-13-11-9-7-5-4-6-8-10-12-17-15(19)20/h17H,2-14H2,1H3,(H,18,21)(H,19,20). The first kappa shape index (κ1) is 20.5. The SMILES string of the molecule is CCCCOC(=O)NCCCCCCCCCCNC(=O)O. The summed E-state index contributed by atoms with van der Waals surface area (Å²) in [4.78, 5) is 21.5. The van der Waals surface area contributed by atoms with Gasteiger partial charge < -0.3 is 20.5 Å². The lowest BCUT2D eigenvalue weighted by atomic mass is 10.1. The summed E-state index contributed by atoms with van der Waals surface area (Å²) in [6.07, 6.45) is 9.54. The average Bonchev–Trinajstić information content (AvgIpc) is 2.48. The van der Waals surface area contributed by atoms with Gasteiger partial charge in [-0.25, -0.2) is 9.59 Å². The highest BCUT2D eigenvalue weighted by Gasteiger charge is 2.00. The number of amides is 2. The molecule has 0 heterocycles. The Morgan fingerprint density at radius 2 is 1.32 bits per heavy atom. The van der Waals surface area contributed by atoms with Crippen LogP contribution in [0.5, 0.6) is 0 Å². The van der Waals surface area contributed by atoms with E-state index < -0.39 is 6.09 Å². The van der Waals surface area contributed by atoms with Crippen molar-refractivity contribution in [3.8, 4) is 0 Å². The largest absolute Gasteiger partial charge is 0.465 e. The van der Waals surface area contributed by atoms with Crippen LogP contribution < -0.4 is 10.6 Å². The zero-order valence-electron chi connectivity index (χ0n) is 13.9. The van der Waals surface area contributed by atoms with Crippen LogP contribution in [0, 0.1) is 0 Å². The lowest BCUT2D eigenvalue weighted by Gasteiger charge is -2.06. The number of carboxylic acid groups (broad SMARTS) is 1. The Bertz CT molecular complexity index is 285. The molecule has 0 bridgehead atoms. The normalized spacial score (nSPS) is 10.2. The zero-order valence-corrected chi connectivity index (χ0v) is 13.9. The maximum absolute atomic E-state index is 11.2. The number of ether oxygens (including phenoxy) is 1. The highest BCUT2D eigenvalue weighted by molar-refractivity contribution is 5.66. The second-order valence-corrected chi connectivity index (χ2v) is 5.48. The molecule has 0 atom stereocenters. The quantitative estimate of drug-likeness (QED) is 0.424. The van der Waals surface area contributed by atoms with Crippen LogP contribution in [-0.2, 0) is 4.74 Å². The van der Waals surface area contributed by atoms with Gasteiger partial charge in [0, 0.05) is 13.1 Å². The van der Waals surface area contributed by atoms with Crippen LogP contribution in [0.4, 0.5) is 9.59 Å². The van der Waals surface area contributed by atoms with Crippen molar-refractivity contribution in [3.63, 3.8) is 0 Å². The van der Waals surface area contributed by atoms with E-state index in [4.69, 9.17) is 9.84 Å². The Kier molecular flexibility index (Phi) is 14.9. The van der Waals surface area contributed by atoms with E-state index >= 15 is 0 Å². The molecule has 0 aliphatic carbocycles. The lowest BCUT2D eigenvalue weighted by Crippen LogP contribution is -2.25. The summed E-state index contributed by atoms with van der Waals surface area (Å²) in [6.45, 7) is 3.81. The summed E-state index contributed by atoms with van der Waals surface area (Å²) in [7, 11) is 0. The molecule has 6 heteroatoms. The van der Waals surface area contributed by atoms with Crippen molar-refractivity contribution in [2.24, 2.45) is 0 Å². The number of hydrogen-bond acceptors (Lipinski definition) is 3. The van der Waals surface area contributed by atoms with E-state index in [0.717, 1.165) is 44.9 Å². The molecule has 0 fully saturated rings. The molecule has 2 amide bonds. The zero-order chi connectivity index (χ0) is 16.5. The second kappa shape index (κ2) is 15.9. The number of carbonyl (C=O) groups is 2. The predicted molar refractivity (Wildman–Crippen MR) is 87.2 cm³/mol. The smallest absolute Gasteiger partial charge is 0.407 e. The third-order valence-electron chi connectivity index (χ3n) is 3.38. The summed E-state index contributed by atoms with van der Waals surface area (Å²) in [5.41, 5.74) is 0. The molecule has 130 valence electrons. The van der Waals surface area contributed by atoms with Crippen molar-refractivity contribution in [3.05, 3.63) is 0 Å².